The Bertz CT molecular complexity index is 542. The van der Waals surface area contributed by atoms with Crippen molar-refractivity contribution in [2.24, 2.45) is 0 Å². The fourth-order valence-corrected chi connectivity index (χ4v) is 2.55. The first-order valence-electron chi connectivity index (χ1n) is 7.38. The molecule has 4 heteroatoms. The van der Waals surface area contributed by atoms with E-state index >= 15 is 0 Å². The average Bonchev–Trinajstić information content (AvgIpc) is 2.99. The molecule has 0 spiro atoms. The summed E-state index contributed by atoms with van der Waals surface area (Å²) in [5.41, 5.74) is 1.05. The van der Waals surface area contributed by atoms with Crippen LogP contribution in [0.1, 0.15) is 31.1 Å². The van der Waals surface area contributed by atoms with E-state index in [9.17, 15) is 4.39 Å². The number of hydrogen-bond donors (Lipinski definition) is 1. The SMILES string of the molecule is CCCNC(CCc1ccco1)Cc1ccc(F)c(Cl)c1. The van der Waals surface area contributed by atoms with Crippen LogP contribution < -0.4 is 5.32 Å². The maximum Gasteiger partial charge on any atom is 0.141 e. The van der Waals surface area contributed by atoms with E-state index in [2.05, 4.69) is 12.2 Å². The molecule has 2 rings (SSSR count). The van der Waals surface area contributed by atoms with E-state index in [-0.39, 0.29) is 10.8 Å². The van der Waals surface area contributed by atoms with Crippen LogP contribution in [0, 0.1) is 5.82 Å². The van der Waals surface area contributed by atoms with Gasteiger partial charge in [0.05, 0.1) is 11.3 Å². The Labute approximate surface area is 130 Å². The molecule has 2 nitrogen and oxygen atoms in total. The average molecular weight is 310 g/mol. The maximum atomic E-state index is 13.2. The largest absolute Gasteiger partial charge is 0.469 e. The summed E-state index contributed by atoms with van der Waals surface area (Å²) >= 11 is 5.85. The van der Waals surface area contributed by atoms with Crippen molar-refractivity contribution in [1.29, 1.82) is 0 Å². The van der Waals surface area contributed by atoms with Gasteiger partial charge in [-0.15, -0.1) is 0 Å². The number of benzene rings is 1. The predicted molar refractivity (Wildman–Crippen MR) is 84.2 cm³/mol. The molecule has 0 aliphatic heterocycles. The summed E-state index contributed by atoms with van der Waals surface area (Å²) in [6.07, 6.45) is 5.48. The highest BCUT2D eigenvalue weighted by molar-refractivity contribution is 6.30. The van der Waals surface area contributed by atoms with Gasteiger partial charge >= 0.3 is 0 Å². The van der Waals surface area contributed by atoms with Gasteiger partial charge in [-0.2, -0.15) is 0 Å². The zero-order valence-corrected chi connectivity index (χ0v) is 13.0. The van der Waals surface area contributed by atoms with Gasteiger partial charge in [0.25, 0.3) is 0 Å². The maximum absolute atomic E-state index is 13.2. The highest BCUT2D eigenvalue weighted by Gasteiger charge is 2.11. The van der Waals surface area contributed by atoms with Gasteiger partial charge in [0, 0.05) is 12.5 Å². The normalized spacial score (nSPS) is 12.5. The molecular weight excluding hydrogens is 289 g/mol. The zero-order valence-electron chi connectivity index (χ0n) is 12.2. The summed E-state index contributed by atoms with van der Waals surface area (Å²) in [4.78, 5) is 0. The van der Waals surface area contributed by atoms with Gasteiger partial charge in [0.15, 0.2) is 0 Å². The van der Waals surface area contributed by atoms with E-state index < -0.39 is 0 Å². The van der Waals surface area contributed by atoms with Crippen molar-refractivity contribution in [2.75, 3.05) is 6.54 Å². The molecule has 1 atom stereocenters. The first kappa shape index (κ1) is 16.1. The van der Waals surface area contributed by atoms with Crippen LogP contribution in [0.4, 0.5) is 4.39 Å². The molecule has 1 unspecified atom stereocenters. The highest BCUT2D eigenvalue weighted by atomic mass is 35.5. The second-order valence-corrected chi connectivity index (χ2v) is 5.63. The standard InChI is InChI=1S/C17H21ClFNO/c1-2-9-20-14(6-7-15-4-3-10-21-15)11-13-5-8-17(19)16(18)12-13/h3-5,8,10,12,14,20H,2,6-7,9,11H2,1H3. The number of furan rings is 1. The third-order valence-electron chi connectivity index (χ3n) is 3.47. The molecule has 0 fully saturated rings. The number of nitrogens with one attached hydrogen (secondary N) is 1. The summed E-state index contributed by atoms with van der Waals surface area (Å²) in [5.74, 6) is 0.629. The van der Waals surface area contributed by atoms with Crippen LogP contribution in [0.5, 0.6) is 0 Å². The lowest BCUT2D eigenvalue weighted by Gasteiger charge is -2.18. The van der Waals surface area contributed by atoms with Crippen molar-refractivity contribution < 1.29 is 8.81 Å². The third kappa shape index (κ3) is 5.18. The second kappa shape index (κ2) is 8.20. The predicted octanol–water partition coefficient (Wildman–Crippen LogP) is 4.62. The van der Waals surface area contributed by atoms with Gasteiger partial charge in [0.1, 0.15) is 11.6 Å². The van der Waals surface area contributed by atoms with Crippen molar-refractivity contribution in [3.8, 4) is 0 Å². The molecule has 0 aliphatic rings. The molecule has 1 aromatic heterocycles. The number of halogens is 2. The topological polar surface area (TPSA) is 25.2 Å². The van der Waals surface area contributed by atoms with Crippen LogP contribution in [0.3, 0.4) is 0 Å². The summed E-state index contributed by atoms with van der Waals surface area (Å²) in [6, 6.07) is 9.17. The van der Waals surface area contributed by atoms with Crippen molar-refractivity contribution in [3.05, 3.63) is 58.8 Å². The second-order valence-electron chi connectivity index (χ2n) is 5.22. The van der Waals surface area contributed by atoms with Gasteiger partial charge < -0.3 is 9.73 Å². The number of aryl methyl sites for hydroxylation is 1. The molecule has 1 aromatic carbocycles. The molecular formula is C17H21ClFNO. The summed E-state index contributed by atoms with van der Waals surface area (Å²) in [6.45, 7) is 3.11. The van der Waals surface area contributed by atoms with Gasteiger partial charge in [-0.1, -0.05) is 24.6 Å². The number of rotatable bonds is 8. The molecule has 21 heavy (non-hydrogen) atoms. The molecule has 2 aromatic rings. The van der Waals surface area contributed by atoms with Crippen LogP contribution in [0.15, 0.2) is 41.0 Å². The summed E-state index contributed by atoms with van der Waals surface area (Å²) in [5, 5.41) is 3.72. The first-order chi connectivity index (χ1) is 10.2. The third-order valence-corrected chi connectivity index (χ3v) is 3.76. The van der Waals surface area contributed by atoms with E-state index in [1.165, 1.54) is 6.07 Å². The summed E-state index contributed by atoms with van der Waals surface area (Å²) < 4.78 is 18.6. The lowest BCUT2D eigenvalue weighted by Crippen LogP contribution is -2.32. The Hall–Kier alpha value is -1.32. The zero-order chi connectivity index (χ0) is 15.1. The van der Waals surface area contributed by atoms with Gasteiger partial charge in [0.2, 0.25) is 0 Å². The molecule has 0 amide bonds. The van der Waals surface area contributed by atoms with Gasteiger partial charge in [-0.25, -0.2) is 4.39 Å². The Morgan fingerprint density at radius 2 is 2.19 bits per heavy atom. The minimum absolute atomic E-state index is 0.188. The van der Waals surface area contributed by atoms with Crippen LogP contribution in [-0.2, 0) is 12.8 Å². The lowest BCUT2D eigenvalue weighted by atomic mass is 10.0. The molecule has 1 heterocycles. The van der Waals surface area contributed by atoms with Crippen LogP contribution in [0.2, 0.25) is 5.02 Å². The lowest BCUT2D eigenvalue weighted by molar-refractivity contribution is 0.441. The smallest absolute Gasteiger partial charge is 0.141 e. The molecule has 0 radical (unpaired) electrons. The van der Waals surface area contributed by atoms with Crippen LogP contribution >= 0.6 is 11.6 Å². The summed E-state index contributed by atoms with van der Waals surface area (Å²) in [7, 11) is 0. The van der Waals surface area contributed by atoms with E-state index in [1.54, 1.807) is 18.4 Å². The van der Waals surface area contributed by atoms with Crippen molar-refractivity contribution >= 4 is 11.6 Å². The Balaban J connectivity index is 1.95. The molecule has 0 saturated carbocycles. The Morgan fingerprint density at radius 1 is 1.33 bits per heavy atom. The van der Waals surface area contributed by atoms with Crippen molar-refractivity contribution in [2.45, 2.75) is 38.6 Å². The van der Waals surface area contributed by atoms with E-state index in [0.717, 1.165) is 43.6 Å². The van der Waals surface area contributed by atoms with Crippen molar-refractivity contribution in [3.63, 3.8) is 0 Å². The quantitative estimate of drug-likeness (QED) is 0.770. The van der Waals surface area contributed by atoms with Crippen LogP contribution in [-0.4, -0.2) is 12.6 Å². The molecule has 114 valence electrons. The molecule has 0 saturated heterocycles. The van der Waals surface area contributed by atoms with E-state index in [0.29, 0.717) is 6.04 Å². The molecule has 1 N–H and O–H groups in total. The molecule has 0 bridgehead atoms. The Kier molecular flexibility index (Phi) is 6.27. The minimum atomic E-state index is -0.367. The minimum Gasteiger partial charge on any atom is -0.469 e. The highest BCUT2D eigenvalue weighted by Crippen LogP contribution is 2.18. The molecule has 0 aliphatic carbocycles. The fraction of sp³-hybridized carbons (Fsp3) is 0.412. The fourth-order valence-electron chi connectivity index (χ4n) is 2.35. The van der Waals surface area contributed by atoms with Crippen molar-refractivity contribution in [1.82, 2.24) is 5.32 Å². The van der Waals surface area contributed by atoms with E-state index in [1.807, 2.05) is 12.1 Å². The van der Waals surface area contributed by atoms with Gasteiger partial charge in [-0.05, 0) is 55.6 Å². The monoisotopic (exact) mass is 309 g/mol. The Morgan fingerprint density at radius 3 is 2.86 bits per heavy atom. The van der Waals surface area contributed by atoms with Gasteiger partial charge in [-0.3, -0.25) is 0 Å². The van der Waals surface area contributed by atoms with E-state index in [4.69, 9.17) is 16.0 Å². The number of hydrogen-bond acceptors (Lipinski definition) is 2. The first-order valence-corrected chi connectivity index (χ1v) is 7.76. The van der Waals surface area contributed by atoms with Crippen LogP contribution in [0.25, 0.3) is 0 Å².